The minimum absolute atomic E-state index is 1.07. The summed E-state index contributed by atoms with van der Waals surface area (Å²) in [6.45, 7) is 4.41. The molecule has 0 heterocycles. The molecule has 128 valence electrons. The molecule has 0 aliphatic carbocycles. The lowest BCUT2D eigenvalue weighted by molar-refractivity contribution is 1.14. The fraction of sp³-hybridized carbons (Fsp3) is 0.154. The van der Waals surface area contributed by atoms with Crippen molar-refractivity contribution in [2.45, 2.75) is 26.7 Å². The molecule has 0 saturated carbocycles. The number of aryl methyl sites for hydroxylation is 2. The molecule has 0 radical (unpaired) electrons. The van der Waals surface area contributed by atoms with Crippen molar-refractivity contribution in [1.29, 1.82) is 0 Å². The second-order valence-electron chi connectivity index (χ2n) is 6.83. The number of benzene rings is 4. The summed E-state index contributed by atoms with van der Waals surface area (Å²) in [4.78, 5) is 0. The average Bonchev–Trinajstić information content (AvgIpc) is 2.73. The third-order valence-corrected chi connectivity index (χ3v) is 5.27. The van der Waals surface area contributed by atoms with Crippen LogP contribution in [0.5, 0.6) is 0 Å². The first-order valence-corrected chi connectivity index (χ1v) is 9.50. The molecule has 0 spiro atoms. The lowest BCUT2D eigenvalue weighted by Crippen LogP contribution is -1.85. The van der Waals surface area contributed by atoms with Gasteiger partial charge in [0.25, 0.3) is 0 Å². The van der Waals surface area contributed by atoms with Gasteiger partial charge in [0.05, 0.1) is 0 Å². The van der Waals surface area contributed by atoms with E-state index in [2.05, 4.69) is 98.8 Å². The predicted molar refractivity (Wildman–Crippen MR) is 114 cm³/mol. The van der Waals surface area contributed by atoms with E-state index in [1.54, 1.807) is 0 Å². The summed E-state index contributed by atoms with van der Waals surface area (Å²) in [6, 6.07) is 31.2. The van der Waals surface area contributed by atoms with E-state index in [4.69, 9.17) is 0 Å². The van der Waals surface area contributed by atoms with E-state index in [0.29, 0.717) is 0 Å². The van der Waals surface area contributed by atoms with E-state index in [1.807, 2.05) is 0 Å². The standard InChI is InChI=1S/C26H24/c1-3-19-8-10-21(11-9-19)22-12-14-23(15-13-22)24-16-17-26-20(4-2)6-5-7-25(26)18-24/h5-18H,3-4H2,1-2H3. The van der Waals surface area contributed by atoms with Gasteiger partial charge < -0.3 is 0 Å². The first kappa shape index (κ1) is 16.6. The van der Waals surface area contributed by atoms with Crippen LogP contribution in [0.15, 0.2) is 84.9 Å². The zero-order chi connectivity index (χ0) is 17.9. The highest BCUT2D eigenvalue weighted by molar-refractivity contribution is 5.90. The summed E-state index contributed by atoms with van der Waals surface area (Å²) in [5.41, 5.74) is 7.89. The molecule has 4 aromatic carbocycles. The van der Waals surface area contributed by atoms with Gasteiger partial charge in [-0.15, -0.1) is 0 Å². The van der Waals surface area contributed by atoms with E-state index >= 15 is 0 Å². The highest BCUT2D eigenvalue weighted by Gasteiger charge is 2.04. The largest absolute Gasteiger partial charge is 0.0614 e. The van der Waals surface area contributed by atoms with E-state index in [9.17, 15) is 0 Å². The number of rotatable bonds is 4. The fourth-order valence-corrected chi connectivity index (χ4v) is 3.63. The maximum Gasteiger partial charge on any atom is -0.0152 e. The lowest BCUT2D eigenvalue weighted by atomic mass is 9.96. The van der Waals surface area contributed by atoms with Crippen molar-refractivity contribution < 1.29 is 0 Å². The van der Waals surface area contributed by atoms with Crippen molar-refractivity contribution in [2.24, 2.45) is 0 Å². The van der Waals surface area contributed by atoms with Gasteiger partial charge in [0, 0.05) is 0 Å². The molecule has 0 nitrogen and oxygen atoms in total. The molecule has 0 N–H and O–H groups in total. The minimum atomic E-state index is 1.07. The molecule has 0 unspecified atom stereocenters. The number of hydrogen-bond donors (Lipinski definition) is 0. The van der Waals surface area contributed by atoms with E-state index in [0.717, 1.165) is 12.8 Å². The normalized spacial score (nSPS) is 11.0. The van der Waals surface area contributed by atoms with Gasteiger partial charge in [-0.05, 0) is 63.1 Å². The lowest BCUT2D eigenvalue weighted by Gasteiger charge is -2.09. The smallest absolute Gasteiger partial charge is 0.0152 e. The van der Waals surface area contributed by atoms with Crippen molar-refractivity contribution in [3.8, 4) is 22.3 Å². The average molecular weight is 336 g/mol. The molecule has 26 heavy (non-hydrogen) atoms. The molecule has 0 aliphatic rings. The maximum atomic E-state index is 2.31. The van der Waals surface area contributed by atoms with Crippen molar-refractivity contribution >= 4 is 10.8 Å². The van der Waals surface area contributed by atoms with Crippen molar-refractivity contribution in [1.82, 2.24) is 0 Å². The van der Waals surface area contributed by atoms with Crippen LogP contribution in [-0.4, -0.2) is 0 Å². The van der Waals surface area contributed by atoms with Gasteiger partial charge in [0.2, 0.25) is 0 Å². The Morgan fingerprint density at radius 2 is 1.12 bits per heavy atom. The van der Waals surface area contributed by atoms with E-state index in [-0.39, 0.29) is 0 Å². The molecule has 4 rings (SSSR count). The molecule has 0 heteroatoms. The van der Waals surface area contributed by atoms with Gasteiger partial charge in [-0.2, -0.15) is 0 Å². The topological polar surface area (TPSA) is 0 Å². The van der Waals surface area contributed by atoms with Crippen LogP contribution < -0.4 is 0 Å². The predicted octanol–water partition coefficient (Wildman–Crippen LogP) is 7.30. The minimum Gasteiger partial charge on any atom is -0.0614 e. The Morgan fingerprint density at radius 3 is 1.73 bits per heavy atom. The first-order chi connectivity index (χ1) is 12.8. The Labute approximate surface area is 156 Å². The third kappa shape index (κ3) is 3.15. The molecule has 0 amide bonds. The second kappa shape index (κ2) is 7.17. The Balaban J connectivity index is 1.67. The van der Waals surface area contributed by atoms with Crippen LogP contribution in [0, 0.1) is 0 Å². The van der Waals surface area contributed by atoms with Crippen molar-refractivity contribution in [3.05, 3.63) is 96.1 Å². The third-order valence-electron chi connectivity index (χ3n) is 5.27. The van der Waals surface area contributed by atoms with Crippen LogP contribution >= 0.6 is 0 Å². The Morgan fingerprint density at radius 1 is 0.538 bits per heavy atom. The summed E-state index contributed by atoms with van der Waals surface area (Å²) in [5.74, 6) is 0. The molecule has 4 aromatic rings. The van der Waals surface area contributed by atoms with Crippen LogP contribution in [0.25, 0.3) is 33.0 Å². The van der Waals surface area contributed by atoms with Gasteiger partial charge in [-0.3, -0.25) is 0 Å². The SMILES string of the molecule is CCc1ccc(-c2ccc(-c3ccc4c(CC)cccc4c3)cc2)cc1. The van der Waals surface area contributed by atoms with Crippen LogP contribution in [0.1, 0.15) is 25.0 Å². The highest BCUT2D eigenvalue weighted by Crippen LogP contribution is 2.29. The molecular weight excluding hydrogens is 312 g/mol. The Kier molecular flexibility index (Phi) is 4.58. The quantitative estimate of drug-likeness (QED) is 0.367. The molecule has 0 saturated heterocycles. The zero-order valence-electron chi connectivity index (χ0n) is 15.5. The van der Waals surface area contributed by atoms with E-state index in [1.165, 1.54) is 44.2 Å². The monoisotopic (exact) mass is 336 g/mol. The molecule has 0 atom stereocenters. The van der Waals surface area contributed by atoms with Crippen LogP contribution in [0.3, 0.4) is 0 Å². The van der Waals surface area contributed by atoms with Crippen LogP contribution in [-0.2, 0) is 12.8 Å². The summed E-state index contributed by atoms with van der Waals surface area (Å²) in [5, 5.41) is 2.69. The van der Waals surface area contributed by atoms with Crippen LogP contribution in [0.4, 0.5) is 0 Å². The Bertz CT molecular complexity index is 1020. The molecule has 0 aromatic heterocycles. The second-order valence-corrected chi connectivity index (χ2v) is 6.83. The fourth-order valence-electron chi connectivity index (χ4n) is 3.63. The summed E-state index contributed by atoms with van der Waals surface area (Å²) >= 11 is 0. The number of fused-ring (bicyclic) bond motifs is 1. The molecule has 0 bridgehead atoms. The van der Waals surface area contributed by atoms with E-state index < -0.39 is 0 Å². The zero-order valence-corrected chi connectivity index (χ0v) is 15.5. The summed E-state index contributed by atoms with van der Waals surface area (Å²) in [6.07, 6.45) is 2.16. The molecular formula is C26H24. The van der Waals surface area contributed by atoms with Gasteiger partial charge in [0.1, 0.15) is 0 Å². The summed E-state index contributed by atoms with van der Waals surface area (Å²) < 4.78 is 0. The summed E-state index contributed by atoms with van der Waals surface area (Å²) in [7, 11) is 0. The highest BCUT2D eigenvalue weighted by atomic mass is 14.1. The Hall–Kier alpha value is -2.86. The molecule has 0 fully saturated rings. The number of hydrogen-bond acceptors (Lipinski definition) is 0. The van der Waals surface area contributed by atoms with Gasteiger partial charge >= 0.3 is 0 Å². The van der Waals surface area contributed by atoms with Gasteiger partial charge in [-0.1, -0.05) is 92.7 Å². The van der Waals surface area contributed by atoms with Crippen molar-refractivity contribution in [3.63, 3.8) is 0 Å². The van der Waals surface area contributed by atoms with Crippen LogP contribution in [0.2, 0.25) is 0 Å². The first-order valence-electron chi connectivity index (χ1n) is 9.50. The molecule has 0 aliphatic heterocycles. The van der Waals surface area contributed by atoms with Crippen molar-refractivity contribution in [2.75, 3.05) is 0 Å². The van der Waals surface area contributed by atoms with Gasteiger partial charge in [0.15, 0.2) is 0 Å². The maximum absolute atomic E-state index is 2.31. The van der Waals surface area contributed by atoms with Gasteiger partial charge in [-0.25, -0.2) is 0 Å².